The fourth-order valence-corrected chi connectivity index (χ4v) is 2.29. The van der Waals surface area contributed by atoms with Crippen molar-refractivity contribution in [1.29, 1.82) is 0 Å². The molecule has 0 atom stereocenters. The topological polar surface area (TPSA) is 140 Å². The normalized spacial score (nSPS) is 10.6. The third-order valence-corrected chi connectivity index (χ3v) is 3.55. The van der Waals surface area contributed by atoms with Crippen molar-refractivity contribution in [2.45, 2.75) is 6.42 Å². The van der Waals surface area contributed by atoms with E-state index in [4.69, 9.17) is 4.74 Å². The molecule has 0 bridgehead atoms. The zero-order valence-corrected chi connectivity index (χ0v) is 14.3. The number of rotatable bonds is 8. The van der Waals surface area contributed by atoms with E-state index in [1.54, 1.807) is 12.1 Å². The van der Waals surface area contributed by atoms with Crippen molar-refractivity contribution in [3.63, 3.8) is 0 Å². The fourth-order valence-electron chi connectivity index (χ4n) is 2.29. The van der Waals surface area contributed by atoms with Gasteiger partial charge in [-0.3, -0.25) is 25.7 Å². The van der Waals surface area contributed by atoms with Gasteiger partial charge in [0.05, 0.1) is 29.2 Å². The van der Waals surface area contributed by atoms with E-state index < -0.39 is 21.2 Å². The average molecular weight is 372 g/mol. The van der Waals surface area contributed by atoms with Crippen LogP contribution in [-0.2, 0) is 6.42 Å². The Bertz CT molecular complexity index is 926. The molecule has 10 nitrogen and oxygen atoms in total. The number of nitro groups is 2. The molecule has 0 aliphatic carbocycles. The molecule has 2 N–H and O–H groups in total. The van der Waals surface area contributed by atoms with E-state index in [1.807, 2.05) is 0 Å². The summed E-state index contributed by atoms with van der Waals surface area (Å²) in [5.41, 5.74) is 2.77. The molecule has 2 aromatic carbocycles. The molecule has 2 rings (SSSR count). The summed E-state index contributed by atoms with van der Waals surface area (Å²) >= 11 is 0. The second-order valence-corrected chi connectivity index (χ2v) is 5.31. The number of nitrogens with zero attached hydrogens (tertiary/aromatic N) is 3. The molecule has 0 aliphatic rings. The molecule has 2 aromatic rings. The van der Waals surface area contributed by atoms with Crippen molar-refractivity contribution >= 4 is 23.3 Å². The molecule has 140 valence electrons. The number of phenolic OH excluding ortho intramolecular Hbond substituents is 1. The molecule has 0 aliphatic heterocycles. The van der Waals surface area contributed by atoms with Gasteiger partial charge in [-0.15, -0.1) is 6.58 Å². The van der Waals surface area contributed by atoms with Crippen LogP contribution in [0.25, 0.3) is 0 Å². The molecule has 0 saturated carbocycles. The van der Waals surface area contributed by atoms with Crippen LogP contribution in [0.3, 0.4) is 0 Å². The lowest BCUT2D eigenvalue weighted by atomic mass is 10.1. The fraction of sp³-hybridized carbons (Fsp3) is 0.118. The lowest BCUT2D eigenvalue weighted by Crippen LogP contribution is -1.99. The molecule has 0 unspecified atom stereocenters. The highest BCUT2D eigenvalue weighted by atomic mass is 16.6. The highest BCUT2D eigenvalue weighted by Gasteiger charge is 2.19. The van der Waals surface area contributed by atoms with Crippen molar-refractivity contribution in [3.05, 3.63) is 74.3 Å². The number of allylic oxidation sites excluding steroid dienone is 1. The maximum absolute atomic E-state index is 11.1. The summed E-state index contributed by atoms with van der Waals surface area (Å²) < 4.78 is 5.10. The predicted octanol–water partition coefficient (Wildman–Crippen LogP) is 3.39. The summed E-state index contributed by atoms with van der Waals surface area (Å²) in [5.74, 6) is 0.241. The van der Waals surface area contributed by atoms with Gasteiger partial charge in [0, 0.05) is 11.6 Å². The number of ether oxygens (including phenoxy) is 1. The number of hydrazone groups is 1. The maximum Gasteiger partial charge on any atom is 0.301 e. The molecule has 0 heterocycles. The molecule has 0 spiro atoms. The lowest BCUT2D eigenvalue weighted by molar-refractivity contribution is -0.393. The molecule has 0 fully saturated rings. The van der Waals surface area contributed by atoms with Crippen molar-refractivity contribution in [3.8, 4) is 11.5 Å². The molecule has 10 heteroatoms. The molecule has 0 radical (unpaired) electrons. The quantitative estimate of drug-likeness (QED) is 0.313. The first kappa shape index (κ1) is 19.4. The third-order valence-electron chi connectivity index (χ3n) is 3.55. The van der Waals surface area contributed by atoms with E-state index in [2.05, 4.69) is 17.1 Å². The second kappa shape index (κ2) is 8.43. The summed E-state index contributed by atoms with van der Waals surface area (Å²) in [6.07, 6.45) is 3.40. The Kier molecular flexibility index (Phi) is 6.05. The van der Waals surface area contributed by atoms with Gasteiger partial charge >= 0.3 is 5.69 Å². The standard InChI is InChI=1S/C17H16N4O6/c1-3-4-12-7-11(8-16(27-2)17(12)22)10-18-19-14-6-5-13(20(23)24)9-15(14)21(25)26/h3,5-10,19,22H,1,4H2,2H3/b18-10+. The Hall–Kier alpha value is -3.95. The first-order valence-corrected chi connectivity index (χ1v) is 7.60. The van der Waals surface area contributed by atoms with Gasteiger partial charge in [0.1, 0.15) is 5.69 Å². The first-order chi connectivity index (χ1) is 12.9. The van der Waals surface area contributed by atoms with Crippen LogP contribution in [0.2, 0.25) is 0 Å². The Balaban J connectivity index is 2.30. The van der Waals surface area contributed by atoms with Crippen molar-refractivity contribution in [2.75, 3.05) is 12.5 Å². The van der Waals surface area contributed by atoms with Gasteiger partial charge in [0.2, 0.25) is 0 Å². The van der Waals surface area contributed by atoms with Crippen LogP contribution in [0.1, 0.15) is 11.1 Å². The lowest BCUT2D eigenvalue weighted by Gasteiger charge is -2.09. The zero-order chi connectivity index (χ0) is 20.0. The van der Waals surface area contributed by atoms with Crippen LogP contribution in [-0.4, -0.2) is 28.3 Å². The van der Waals surface area contributed by atoms with Crippen LogP contribution in [0, 0.1) is 20.2 Å². The average Bonchev–Trinajstić information content (AvgIpc) is 2.64. The minimum absolute atomic E-state index is 0.00101. The van der Waals surface area contributed by atoms with E-state index in [0.29, 0.717) is 17.5 Å². The number of aromatic hydroxyl groups is 1. The molecule has 27 heavy (non-hydrogen) atoms. The SMILES string of the molecule is C=CCc1cc(/C=N/Nc2ccc([N+](=O)[O-])cc2[N+](=O)[O-])cc(OC)c1O. The highest BCUT2D eigenvalue weighted by molar-refractivity contribution is 5.82. The Morgan fingerprint density at radius 2 is 2.00 bits per heavy atom. The minimum atomic E-state index is -0.739. The van der Waals surface area contributed by atoms with Gasteiger partial charge in [0.15, 0.2) is 11.5 Å². The van der Waals surface area contributed by atoms with Gasteiger partial charge in [-0.05, 0) is 30.2 Å². The van der Waals surface area contributed by atoms with E-state index in [-0.39, 0.29) is 17.2 Å². The third kappa shape index (κ3) is 4.57. The van der Waals surface area contributed by atoms with Crippen LogP contribution in [0.15, 0.2) is 48.1 Å². The Morgan fingerprint density at radius 1 is 1.26 bits per heavy atom. The summed E-state index contributed by atoms with van der Waals surface area (Å²) in [6, 6.07) is 6.39. The number of benzene rings is 2. The molecule has 0 aromatic heterocycles. The van der Waals surface area contributed by atoms with Gasteiger partial charge < -0.3 is 9.84 Å². The van der Waals surface area contributed by atoms with Crippen molar-refractivity contribution in [2.24, 2.45) is 5.10 Å². The zero-order valence-electron chi connectivity index (χ0n) is 14.3. The van der Waals surface area contributed by atoms with Crippen LogP contribution < -0.4 is 10.2 Å². The number of anilines is 1. The summed E-state index contributed by atoms with van der Waals surface area (Å²) in [6.45, 7) is 3.62. The number of nitro benzene ring substituents is 2. The highest BCUT2D eigenvalue weighted by Crippen LogP contribution is 2.32. The smallest absolute Gasteiger partial charge is 0.301 e. The van der Waals surface area contributed by atoms with Gasteiger partial charge in [0.25, 0.3) is 5.69 Å². The number of hydrogen-bond acceptors (Lipinski definition) is 8. The van der Waals surface area contributed by atoms with Gasteiger partial charge in [-0.25, -0.2) is 0 Å². The maximum atomic E-state index is 11.1. The Morgan fingerprint density at radius 3 is 2.59 bits per heavy atom. The first-order valence-electron chi connectivity index (χ1n) is 7.60. The van der Waals surface area contributed by atoms with Crippen LogP contribution in [0.4, 0.5) is 17.1 Å². The van der Waals surface area contributed by atoms with E-state index in [0.717, 1.165) is 12.1 Å². The van der Waals surface area contributed by atoms with E-state index >= 15 is 0 Å². The van der Waals surface area contributed by atoms with Crippen molar-refractivity contribution < 1.29 is 19.7 Å². The van der Waals surface area contributed by atoms with Crippen LogP contribution in [0.5, 0.6) is 11.5 Å². The number of non-ortho nitro benzene ring substituents is 1. The largest absolute Gasteiger partial charge is 0.504 e. The summed E-state index contributed by atoms with van der Waals surface area (Å²) in [4.78, 5) is 20.4. The monoisotopic (exact) mass is 372 g/mol. The molecule has 0 saturated heterocycles. The Labute approximate surface area is 153 Å². The summed E-state index contributed by atoms with van der Waals surface area (Å²) in [7, 11) is 1.41. The predicted molar refractivity (Wildman–Crippen MR) is 99.5 cm³/mol. The van der Waals surface area contributed by atoms with E-state index in [1.165, 1.54) is 25.5 Å². The van der Waals surface area contributed by atoms with Crippen LogP contribution >= 0.6 is 0 Å². The molecule has 0 amide bonds. The second-order valence-electron chi connectivity index (χ2n) is 5.31. The minimum Gasteiger partial charge on any atom is -0.504 e. The molecular formula is C17H16N4O6. The molecular weight excluding hydrogens is 356 g/mol. The number of nitrogens with one attached hydrogen (secondary N) is 1. The number of methoxy groups -OCH3 is 1. The summed E-state index contributed by atoms with van der Waals surface area (Å²) in [5, 5.41) is 35.8. The van der Waals surface area contributed by atoms with Gasteiger partial charge in [-0.2, -0.15) is 5.10 Å². The van der Waals surface area contributed by atoms with Crippen molar-refractivity contribution in [1.82, 2.24) is 0 Å². The van der Waals surface area contributed by atoms with E-state index in [9.17, 15) is 25.3 Å². The number of hydrogen-bond donors (Lipinski definition) is 2. The number of phenols is 1. The van der Waals surface area contributed by atoms with Gasteiger partial charge in [-0.1, -0.05) is 6.08 Å².